The van der Waals surface area contributed by atoms with Crippen molar-refractivity contribution in [3.8, 4) is 0 Å². The van der Waals surface area contributed by atoms with Gasteiger partial charge in [0.1, 0.15) is 0 Å². The largest absolute Gasteiger partial charge is 0.472 e. The lowest BCUT2D eigenvalue weighted by Crippen LogP contribution is -2.21. The lowest BCUT2D eigenvalue weighted by atomic mass is 10.2. The lowest BCUT2D eigenvalue weighted by molar-refractivity contribution is 0.221. The Bertz CT molecular complexity index is 566. The summed E-state index contributed by atoms with van der Waals surface area (Å²) in [5.74, 6) is 0. The Morgan fingerprint density at radius 3 is 1.84 bits per heavy atom. The Balaban J connectivity index is 3.14. The van der Waals surface area contributed by atoms with Crippen molar-refractivity contribution in [2.24, 2.45) is 0 Å². The van der Waals surface area contributed by atoms with Crippen LogP contribution in [0.3, 0.4) is 0 Å². The summed E-state index contributed by atoms with van der Waals surface area (Å²) in [5.41, 5.74) is 0.822. The zero-order valence-corrected chi connectivity index (χ0v) is 12.0. The van der Waals surface area contributed by atoms with Gasteiger partial charge in [-0.1, -0.05) is 20.8 Å². The number of benzene rings is 1. The molecule has 2 N–H and O–H groups in total. The van der Waals surface area contributed by atoms with E-state index in [1.165, 1.54) is 24.3 Å². The summed E-state index contributed by atoms with van der Waals surface area (Å²) in [6.45, 7) is 1.76. The molecule has 1 rings (SSSR count). The van der Waals surface area contributed by atoms with Crippen molar-refractivity contribution in [2.75, 3.05) is 0 Å². The van der Waals surface area contributed by atoms with Crippen molar-refractivity contribution in [1.29, 1.82) is 0 Å². The third-order valence-electron chi connectivity index (χ3n) is 1.82. The van der Waals surface area contributed by atoms with Gasteiger partial charge in [0.25, 0.3) is 10.0 Å². The van der Waals surface area contributed by atoms with Crippen molar-refractivity contribution in [3.63, 3.8) is 0 Å². The first kappa shape index (κ1) is 15.8. The van der Waals surface area contributed by atoms with Gasteiger partial charge in [-0.3, -0.25) is 0 Å². The van der Waals surface area contributed by atoms with Crippen molar-refractivity contribution in [2.45, 2.75) is 11.8 Å². The molecule has 0 aromatic heterocycles. The predicted octanol–water partition coefficient (Wildman–Crippen LogP) is 2.64. The third-order valence-corrected chi connectivity index (χ3v) is 5.76. The minimum absolute atomic E-state index is 0.122. The summed E-state index contributed by atoms with van der Waals surface area (Å²) in [6.07, 6.45) is 0. The molecular formula is C9H9NO6S3. The molecule has 0 unspecified atom stereocenters. The second kappa shape index (κ2) is 6.28. The van der Waals surface area contributed by atoms with Gasteiger partial charge in [0.15, 0.2) is 0 Å². The van der Waals surface area contributed by atoms with E-state index >= 15 is 0 Å². The van der Waals surface area contributed by atoms with Crippen molar-refractivity contribution >= 4 is 44.5 Å². The van der Waals surface area contributed by atoms with Gasteiger partial charge in [0, 0.05) is 0 Å². The van der Waals surface area contributed by atoms with Crippen LogP contribution < -0.4 is 0 Å². The number of hydrogen-bond acceptors (Lipinski definition) is 6. The molecule has 0 aliphatic carbocycles. The molecule has 0 saturated carbocycles. The van der Waals surface area contributed by atoms with E-state index in [-0.39, 0.29) is 31.9 Å². The van der Waals surface area contributed by atoms with Crippen LogP contribution in [0.4, 0.5) is 9.59 Å². The SMILES string of the molecule is Cc1ccc(S(=O)(=O)N(SC(=O)O)SC(=O)O)cc1. The normalized spacial score (nSPS) is 11.5. The van der Waals surface area contributed by atoms with Crippen LogP contribution in [0.5, 0.6) is 0 Å². The molecular weight excluding hydrogens is 314 g/mol. The average Bonchev–Trinajstić information content (AvgIpc) is 2.27. The molecule has 19 heavy (non-hydrogen) atoms. The van der Waals surface area contributed by atoms with Crippen molar-refractivity contribution in [3.05, 3.63) is 29.8 Å². The zero-order chi connectivity index (χ0) is 14.6. The zero-order valence-electron chi connectivity index (χ0n) is 9.51. The maximum Gasteiger partial charge on any atom is 0.382 e. The number of aryl methyl sites for hydroxylation is 1. The van der Waals surface area contributed by atoms with Gasteiger partial charge in [-0.05, 0) is 19.1 Å². The Kier molecular flexibility index (Phi) is 5.23. The van der Waals surface area contributed by atoms with Crippen LogP contribution in [0.2, 0.25) is 0 Å². The van der Waals surface area contributed by atoms with E-state index in [0.717, 1.165) is 5.56 Å². The van der Waals surface area contributed by atoms with Crippen molar-refractivity contribution < 1.29 is 28.2 Å². The number of hydrogen-bond donors (Lipinski definition) is 2. The summed E-state index contributed by atoms with van der Waals surface area (Å²) in [4.78, 5) is 21.0. The van der Waals surface area contributed by atoms with Gasteiger partial charge in [-0.15, -0.1) is 0 Å². The monoisotopic (exact) mass is 323 g/mol. The summed E-state index contributed by atoms with van der Waals surface area (Å²) < 4.78 is 24.4. The Hall–Kier alpha value is -1.23. The van der Waals surface area contributed by atoms with E-state index in [4.69, 9.17) is 10.2 Å². The number of carbonyl (C=O) groups is 2. The molecule has 7 nitrogen and oxygen atoms in total. The summed E-state index contributed by atoms with van der Waals surface area (Å²) in [7, 11) is -4.21. The van der Waals surface area contributed by atoms with Gasteiger partial charge in [0.2, 0.25) is 0 Å². The molecule has 0 aliphatic heterocycles. The van der Waals surface area contributed by atoms with E-state index in [1.807, 2.05) is 0 Å². The maximum atomic E-state index is 12.1. The first-order valence-electron chi connectivity index (χ1n) is 4.67. The molecule has 0 spiro atoms. The van der Waals surface area contributed by atoms with E-state index in [9.17, 15) is 18.0 Å². The fraction of sp³-hybridized carbons (Fsp3) is 0.111. The van der Waals surface area contributed by atoms with E-state index in [0.29, 0.717) is 0 Å². The minimum Gasteiger partial charge on any atom is -0.472 e. The summed E-state index contributed by atoms with van der Waals surface area (Å²) >= 11 is -0.244. The molecule has 0 radical (unpaired) electrons. The smallest absolute Gasteiger partial charge is 0.382 e. The molecule has 0 bridgehead atoms. The van der Waals surface area contributed by atoms with Crippen LogP contribution in [0, 0.1) is 6.92 Å². The maximum absolute atomic E-state index is 12.1. The molecule has 0 atom stereocenters. The van der Waals surface area contributed by atoms with Gasteiger partial charge in [0.05, 0.1) is 28.8 Å². The molecule has 10 heteroatoms. The van der Waals surface area contributed by atoms with E-state index in [2.05, 4.69) is 0 Å². The van der Waals surface area contributed by atoms with Crippen LogP contribution in [0.25, 0.3) is 0 Å². The average molecular weight is 323 g/mol. The highest BCUT2D eigenvalue weighted by molar-refractivity contribution is 8.32. The highest BCUT2D eigenvalue weighted by Gasteiger charge is 2.31. The molecule has 104 valence electrons. The van der Waals surface area contributed by atoms with Gasteiger partial charge in [-0.25, -0.2) is 18.0 Å². The number of nitrogens with zero attached hydrogens (tertiary/aromatic N) is 1. The van der Waals surface area contributed by atoms with Crippen molar-refractivity contribution in [1.82, 2.24) is 3.12 Å². The summed E-state index contributed by atoms with van der Waals surface area (Å²) in [5, 5.41) is 14.2. The van der Waals surface area contributed by atoms with Crippen LogP contribution in [-0.4, -0.2) is 32.3 Å². The Morgan fingerprint density at radius 1 is 1.05 bits per heavy atom. The fourth-order valence-electron chi connectivity index (χ4n) is 1.04. The highest BCUT2D eigenvalue weighted by Crippen LogP contribution is 2.31. The Labute approximate surface area is 117 Å². The first-order chi connectivity index (χ1) is 8.73. The number of carboxylic acid groups (broad SMARTS) is 2. The minimum atomic E-state index is -4.21. The van der Waals surface area contributed by atoms with Crippen LogP contribution in [-0.2, 0) is 10.0 Å². The van der Waals surface area contributed by atoms with E-state index in [1.54, 1.807) is 6.92 Å². The van der Waals surface area contributed by atoms with Crippen LogP contribution in [0.1, 0.15) is 5.56 Å². The van der Waals surface area contributed by atoms with Gasteiger partial charge >= 0.3 is 10.6 Å². The predicted molar refractivity (Wildman–Crippen MR) is 71.4 cm³/mol. The molecule has 0 heterocycles. The third kappa shape index (κ3) is 4.42. The summed E-state index contributed by atoms with van der Waals surface area (Å²) in [6, 6.07) is 5.62. The molecule has 0 fully saturated rings. The fourth-order valence-corrected chi connectivity index (χ4v) is 4.16. The van der Waals surface area contributed by atoms with Gasteiger partial charge < -0.3 is 10.2 Å². The molecule has 0 saturated heterocycles. The highest BCUT2D eigenvalue weighted by atomic mass is 32.3. The quantitative estimate of drug-likeness (QED) is 0.813. The van der Waals surface area contributed by atoms with E-state index < -0.39 is 20.6 Å². The number of rotatable bonds is 4. The molecule has 0 aliphatic rings. The topological polar surface area (TPSA) is 112 Å². The first-order valence-corrected chi connectivity index (χ1v) is 7.66. The van der Waals surface area contributed by atoms with Crippen LogP contribution in [0.15, 0.2) is 29.2 Å². The molecule has 1 aromatic rings. The standard InChI is InChI=1S/C9H9NO6S3/c1-6-2-4-7(5-3-6)19(15,16)10(17-8(11)12)18-9(13)14/h2-5H,1H3,(H,11,12)(H,13,14). The number of sulfonamides is 1. The van der Waals surface area contributed by atoms with Crippen LogP contribution >= 0.6 is 23.9 Å². The lowest BCUT2D eigenvalue weighted by Gasteiger charge is -2.15. The van der Waals surface area contributed by atoms with Gasteiger partial charge in [-0.2, -0.15) is 0 Å². The molecule has 0 amide bonds. The Morgan fingerprint density at radius 2 is 1.47 bits per heavy atom. The molecule has 1 aromatic carbocycles. The second-order valence-corrected chi connectivity index (χ2v) is 7.50. The second-order valence-electron chi connectivity index (χ2n) is 3.23.